The number of oxazole rings is 1. The third-order valence-electron chi connectivity index (χ3n) is 3.01. The number of esters is 1. The summed E-state index contributed by atoms with van der Waals surface area (Å²) in [5.74, 6) is 0.224. The van der Waals surface area contributed by atoms with Crippen molar-refractivity contribution < 1.29 is 13.9 Å². The van der Waals surface area contributed by atoms with Crippen LogP contribution in [0.2, 0.25) is 0 Å². The zero-order valence-corrected chi connectivity index (χ0v) is 14.2. The molecular weight excluding hydrogens is 334 g/mol. The predicted molar refractivity (Wildman–Crippen MR) is 84.4 cm³/mol. The Labute approximate surface area is 132 Å². The molecule has 1 aromatic heterocycles. The van der Waals surface area contributed by atoms with Gasteiger partial charge < -0.3 is 9.15 Å². The first-order valence-electron chi connectivity index (χ1n) is 6.88. The molecule has 0 amide bonds. The fraction of sp³-hybridized carbons (Fsp3) is 0.375. The first kappa shape index (κ1) is 15.8. The average Bonchev–Trinajstić information content (AvgIpc) is 2.87. The van der Waals surface area contributed by atoms with Crippen molar-refractivity contribution in [3.05, 3.63) is 39.7 Å². The Kier molecular flexibility index (Phi) is 4.83. The molecule has 0 unspecified atom stereocenters. The monoisotopic (exact) mass is 351 g/mol. The lowest BCUT2D eigenvalue weighted by Gasteiger charge is -2.02. The van der Waals surface area contributed by atoms with Crippen LogP contribution >= 0.6 is 15.9 Å². The molecule has 112 valence electrons. The van der Waals surface area contributed by atoms with Crippen LogP contribution in [0, 0.1) is 6.92 Å². The highest BCUT2D eigenvalue weighted by Crippen LogP contribution is 2.32. The molecule has 0 bridgehead atoms. The molecule has 0 fully saturated rings. The van der Waals surface area contributed by atoms with E-state index in [2.05, 4.69) is 20.9 Å². The minimum absolute atomic E-state index is 0.0745. The van der Waals surface area contributed by atoms with E-state index in [1.165, 1.54) is 0 Å². The van der Waals surface area contributed by atoms with Crippen LogP contribution in [0.1, 0.15) is 48.5 Å². The second kappa shape index (κ2) is 6.43. The van der Waals surface area contributed by atoms with E-state index < -0.39 is 5.97 Å². The Hall–Kier alpha value is -1.62. The van der Waals surface area contributed by atoms with Gasteiger partial charge in [-0.3, -0.25) is 0 Å². The number of rotatable bonds is 4. The SMILES string of the molecule is CCOC(=O)c1oc(-c2cc(C)ccc2Br)nc1C(C)C. The van der Waals surface area contributed by atoms with Gasteiger partial charge in [-0.1, -0.05) is 25.5 Å². The maximum Gasteiger partial charge on any atom is 0.376 e. The van der Waals surface area contributed by atoms with Gasteiger partial charge in [-0.25, -0.2) is 9.78 Å². The van der Waals surface area contributed by atoms with Crippen molar-refractivity contribution in [2.45, 2.75) is 33.6 Å². The highest BCUT2D eigenvalue weighted by Gasteiger charge is 2.24. The van der Waals surface area contributed by atoms with Gasteiger partial charge in [0.2, 0.25) is 11.7 Å². The lowest BCUT2D eigenvalue weighted by Crippen LogP contribution is -2.07. The Morgan fingerprint density at radius 1 is 1.43 bits per heavy atom. The Bertz CT molecular complexity index is 662. The number of aryl methyl sites for hydroxylation is 1. The summed E-state index contributed by atoms with van der Waals surface area (Å²) < 4.78 is 11.6. The number of benzene rings is 1. The summed E-state index contributed by atoms with van der Waals surface area (Å²) in [6, 6.07) is 5.90. The number of carbonyl (C=O) groups is 1. The molecule has 0 aliphatic rings. The standard InChI is InChI=1S/C16H18BrNO3/c1-5-20-16(19)14-13(9(2)3)18-15(21-14)11-8-10(4)6-7-12(11)17/h6-9H,5H2,1-4H3. The van der Waals surface area contributed by atoms with E-state index in [9.17, 15) is 4.79 Å². The minimum Gasteiger partial charge on any atom is -0.460 e. The molecular formula is C16H18BrNO3. The van der Waals surface area contributed by atoms with Gasteiger partial charge in [-0.15, -0.1) is 0 Å². The second-order valence-electron chi connectivity index (χ2n) is 5.09. The summed E-state index contributed by atoms with van der Waals surface area (Å²) in [6.45, 7) is 8.00. The van der Waals surface area contributed by atoms with Crippen LogP contribution < -0.4 is 0 Å². The van der Waals surface area contributed by atoms with Gasteiger partial charge in [0, 0.05) is 4.47 Å². The van der Waals surface area contributed by atoms with Crippen LogP contribution in [0.15, 0.2) is 27.1 Å². The van der Waals surface area contributed by atoms with E-state index in [0.717, 1.165) is 15.6 Å². The molecule has 2 aromatic rings. The normalized spacial score (nSPS) is 11.0. The first-order chi connectivity index (χ1) is 9.93. The largest absolute Gasteiger partial charge is 0.460 e. The topological polar surface area (TPSA) is 52.3 Å². The number of hydrogen-bond donors (Lipinski definition) is 0. The van der Waals surface area contributed by atoms with E-state index in [1.54, 1.807) is 6.92 Å². The van der Waals surface area contributed by atoms with Crippen LogP contribution in [0.4, 0.5) is 0 Å². The van der Waals surface area contributed by atoms with Crippen molar-refractivity contribution in [2.75, 3.05) is 6.61 Å². The van der Waals surface area contributed by atoms with E-state index in [4.69, 9.17) is 9.15 Å². The molecule has 0 atom stereocenters. The molecule has 0 aliphatic heterocycles. The summed E-state index contributed by atoms with van der Waals surface area (Å²) in [5, 5.41) is 0. The Morgan fingerprint density at radius 3 is 2.76 bits per heavy atom. The zero-order valence-electron chi connectivity index (χ0n) is 12.6. The molecule has 0 saturated carbocycles. The first-order valence-corrected chi connectivity index (χ1v) is 7.67. The quantitative estimate of drug-likeness (QED) is 0.748. The number of halogens is 1. The number of aromatic nitrogens is 1. The van der Waals surface area contributed by atoms with E-state index >= 15 is 0 Å². The molecule has 0 saturated heterocycles. The van der Waals surface area contributed by atoms with Crippen LogP contribution in [0.25, 0.3) is 11.5 Å². The van der Waals surface area contributed by atoms with Gasteiger partial charge in [-0.2, -0.15) is 0 Å². The van der Waals surface area contributed by atoms with Gasteiger partial charge >= 0.3 is 5.97 Å². The summed E-state index contributed by atoms with van der Waals surface area (Å²) in [7, 11) is 0. The lowest BCUT2D eigenvalue weighted by molar-refractivity contribution is 0.0488. The summed E-state index contributed by atoms with van der Waals surface area (Å²) in [5.41, 5.74) is 2.54. The van der Waals surface area contributed by atoms with E-state index in [0.29, 0.717) is 18.2 Å². The average molecular weight is 352 g/mol. The minimum atomic E-state index is -0.469. The molecule has 0 aliphatic carbocycles. The van der Waals surface area contributed by atoms with Crippen molar-refractivity contribution in [2.24, 2.45) is 0 Å². The van der Waals surface area contributed by atoms with Gasteiger partial charge in [0.15, 0.2) is 0 Å². The molecule has 0 N–H and O–H groups in total. The molecule has 1 heterocycles. The summed E-state index contributed by atoms with van der Waals surface area (Å²) in [6.07, 6.45) is 0. The van der Waals surface area contributed by atoms with Gasteiger partial charge in [0.25, 0.3) is 0 Å². The van der Waals surface area contributed by atoms with Crippen LogP contribution in [-0.4, -0.2) is 17.6 Å². The molecule has 0 spiro atoms. The van der Waals surface area contributed by atoms with Crippen molar-refractivity contribution in [1.29, 1.82) is 0 Å². The van der Waals surface area contributed by atoms with Crippen molar-refractivity contribution in [3.63, 3.8) is 0 Å². The number of nitrogens with zero attached hydrogens (tertiary/aromatic N) is 1. The Morgan fingerprint density at radius 2 is 2.14 bits per heavy atom. The molecule has 5 heteroatoms. The van der Waals surface area contributed by atoms with Crippen molar-refractivity contribution >= 4 is 21.9 Å². The summed E-state index contributed by atoms with van der Waals surface area (Å²) >= 11 is 3.49. The van der Waals surface area contributed by atoms with E-state index in [-0.39, 0.29) is 11.7 Å². The Balaban J connectivity index is 2.53. The number of carbonyl (C=O) groups excluding carboxylic acids is 1. The van der Waals surface area contributed by atoms with Gasteiger partial charge in [0.05, 0.1) is 17.9 Å². The molecule has 1 aromatic carbocycles. The molecule has 2 rings (SSSR count). The maximum atomic E-state index is 12.0. The van der Waals surface area contributed by atoms with Crippen LogP contribution in [-0.2, 0) is 4.74 Å². The maximum absolute atomic E-state index is 12.0. The van der Waals surface area contributed by atoms with Crippen LogP contribution in [0.3, 0.4) is 0 Å². The highest BCUT2D eigenvalue weighted by atomic mass is 79.9. The van der Waals surface area contributed by atoms with Crippen LogP contribution in [0.5, 0.6) is 0 Å². The molecule has 0 radical (unpaired) electrons. The lowest BCUT2D eigenvalue weighted by atomic mass is 10.1. The van der Waals surface area contributed by atoms with Gasteiger partial charge in [-0.05, 0) is 47.8 Å². The third kappa shape index (κ3) is 3.35. The number of hydrogen-bond acceptors (Lipinski definition) is 4. The van der Waals surface area contributed by atoms with Crippen molar-refractivity contribution in [1.82, 2.24) is 4.98 Å². The van der Waals surface area contributed by atoms with E-state index in [1.807, 2.05) is 39.0 Å². The fourth-order valence-electron chi connectivity index (χ4n) is 1.98. The molecule has 21 heavy (non-hydrogen) atoms. The fourth-order valence-corrected chi connectivity index (χ4v) is 2.40. The van der Waals surface area contributed by atoms with Gasteiger partial charge in [0.1, 0.15) is 0 Å². The third-order valence-corrected chi connectivity index (χ3v) is 3.70. The zero-order chi connectivity index (χ0) is 15.6. The molecule has 4 nitrogen and oxygen atoms in total. The second-order valence-corrected chi connectivity index (χ2v) is 5.95. The predicted octanol–water partition coefficient (Wildman–Crippen LogP) is 4.71. The summed E-state index contributed by atoms with van der Waals surface area (Å²) in [4.78, 5) is 16.5. The smallest absolute Gasteiger partial charge is 0.376 e. The highest BCUT2D eigenvalue weighted by molar-refractivity contribution is 9.10. The number of ether oxygens (including phenoxy) is 1. The van der Waals surface area contributed by atoms with Crippen molar-refractivity contribution in [3.8, 4) is 11.5 Å².